The third-order valence-electron chi connectivity index (χ3n) is 2.39. The molecule has 6 nitrogen and oxygen atoms in total. The largest absolute Gasteiger partial charge is 0.324 e. The fraction of sp³-hybridized carbons (Fsp3) is 0.231. The summed E-state index contributed by atoms with van der Waals surface area (Å²) in [6, 6.07) is 5.39. The number of para-hydroxylation sites is 1. The van der Waals surface area contributed by atoms with E-state index >= 15 is 0 Å². The zero-order chi connectivity index (χ0) is 14.7. The third kappa shape index (κ3) is 3.39. The first-order valence-electron chi connectivity index (χ1n) is 5.92. The highest BCUT2D eigenvalue weighted by Crippen LogP contribution is 2.30. The van der Waals surface area contributed by atoms with E-state index in [4.69, 9.17) is 0 Å². The molecule has 0 aliphatic rings. The molecular formula is C13H13N3O3S. The van der Waals surface area contributed by atoms with Gasteiger partial charge in [0.25, 0.3) is 0 Å². The predicted octanol–water partition coefficient (Wildman–Crippen LogP) is 2.17. The number of hydrogen-bond donors (Lipinski definition) is 2. The summed E-state index contributed by atoms with van der Waals surface area (Å²) in [4.78, 5) is 37.8. The zero-order valence-corrected chi connectivity index (χ0v) is 11.8. The van der Waals surface area contributed by atoms with Crippen molar-refractivity contribution in [3.63, 3.8) is 0 Å². The molecule has 0 fully saturated rings. The Kier molecular flexibility index (Phi) is 4.09. The maximum absolute atomic E-state index is 11.5. The van der Waals surface area contributed by atoms with E-state index in [0.717, 1.165) is 4.70 Å². The van der Waals surface area contributed by atoms with Crippen LogP contribution in [0.1, 0.15) is 20.3 Å². The van der Waals surface area contributed by atoms with Crippen LogP contribution in [0.5, 0.6) is 0 Å². The van der Waals surface area contributed by atoms with Crippen molar-refractivity contribution in [1.29, 1.82) is 0 Å². The van der Waals surface area contributed by atoms with Crippen molar-refractivity contribution in [2.24, 2.45) is 0 Å². The number of anilines is 2. The van der Waals surface area contributed by atoms with Crippen LogP contribution in [0.3, 0.4) is 0 Å². The fourth-order valence-corrected chi connectivity index (χ4v) is 2.59. The van der Waals surface area contributed by atoms with Crippen LogP contribution in [0.2, 0.25) is 0 Å². The molecule has 2 amide bonds. The maximum Gasteiger partial charge on any atom is 0.233 e. The lowest BCUT2D eigenvalue weighted by atomic mass is 10.3. The van der Waals surface area contributed by atoms with Crippen LogP contribution in [0.15, 0.2) is 18.2 Å². The van der Waals surface area contributed by atoms with Gasteiger partial charge in [-0.25, -0.2) is 4.98 Å². The molecule has 20 heavy (non-hydrogen) atoms. The molecule has 2 aromatic rings. The van der Waals surface area contributed by atoms with Gasteiger partial charge >= 0.3 is 0 Å². The van der Waals surface area contributed by atoms with Gasteiger partial charge in [-0.05, 0) is 19.1 Å². The minimum Gasteiger partial charge on any atom is -0.324 e. The monoisotopic (exact) mass is 291 g/mol. The van der Waals surface area contributed by atoms with E-state index in [9.17, 15) is 14.4 Å². The van der Waals surface area contributed by atoms with E-state index < -0.39 is 5.91 Å². The van der Waals surface area contributed by atoms with Gasteiger partial charge in [0.1, 0.15) is 11.3 Å². The first-order chi connectivity index (χ1) is 9.45. The van der Waals surface area contributed by atoms with Crippen LogP contribution < -0.4 is 10.6 Å². The normalized spacial score (nSPS) is 10.3. The average molecular weight is 291 g/mol. The minimum absolute atomic E-state index is 0.172. The maximum atomic E-state index is 11.5. The molecule has 0 aliphatic carbocycles. The summed E-state index contributed by atoms with van der Waals surface area (Å²) in [5.41, 5.74) is 1.21. The lowest BCUT2D eigenvalue weighted by molar-refractivity contribution is -0.124. The van der Waals surface area contributed by atoms with Crippen LogP contribution in [0, 0.1) is 0 Å². The van der Waals surface area contributed by atoms with E-state index in [1.165, 1.54) is 25.2 Å². The summed E-state index contributed by atoms with van der Waals surface area (Å²) < 4.78 is 0.842. The van der Waals surface area contributed by atoms with Gasteiger partial charge in [-0.3, -0.25) is 14.4 Å². The van der Waals surface area contributed by atoms with Gasteiger partial charge in [0.05, 0.1) is 16.8 Å². The SMILES string of the molecule is CC(=O)CC(=O)Nc1nc2c(NC(C)=O)cccc2s1. The van der Waals surface area contributed by atoms with Gasteiger partial charge < -0.3 is 10.6 Å². The number of nitrogens with zero attached hydrogens (tertiary/aromatic N) is 1. The molecular weight excluding hydrogens is 278 g/mol. The molecule has 2 N–H and O–H groups in total. The second-order valence-corrected chi connectivity index (χ2v) is 5.31. The standard InChI is InChI=1S/C13H13N3O3S/c1-7(17)6-11(19)15-13-16-12-9(14-8(2)18)4-3-5-10(12)20-13/h3-5H,6H2,1-2H3,(H,14,18)(H,15,16,19). The van der Waals surface area contributed by atoms with E-state index in [1.54, 1.807) is 12.1 Å². The van der Waals surface area contributed by atoms with E-state index in [1.807, 2.05) is 6.07 Å². The Morgan fingerprint density at radius 2 is 1.95 bits per heavy atom. The summed E-state index contributed by atoms with van der Waals surface area (Å²) in [7, 11) is 0. The van der Waals surface area contributed by atoms with Crippen LogP contribution >= 0.6 is 11.3 Å². The molecule has 1 aromatic carbocycles. The quantitative estimate of drug-likeness (QED) is 0.845. The lowest BCUT2D eigenvalue weighted by Crippen LogP contribution is -2.14. The number of fused-ring (bicyclic) bond motifs is 1. The first-order valence-corrected chi connectivity index (χ1v) is 6.74. The van der Waals surface area contributed by atoms with E-state index in [0.29, 0.717) is 16.3 Å². The Morgan fingerprint density at radius 3 is 2.60 bits per heavy atom. The summed E-state index contributed by atoms with van der Waals surface area (Å²) in [6.45, 7) is 2.77. The summed E-state index contributed by atoms with van der Waals surface area (Å²) in [6.07, 6.45) is -0.172. The molecule has 1 aromatic heterocycles. The molecule has 0 radical (unpaired) electrons. The van der Waals surface area contributed by atoms with Crippen LogP contribution in [0.4, 0.5) is 10.8 Å². The molecule has 0 saturated carbocycles. The first kappa shape index (κ1) is 14.1. The number of aromatic nitrogens is 1. The molecule has 1 heterocycles. The Morgan fingerprint density at radius 1 is 1.20 bits per heavy atom. The number of amides is 2. The number of thiazole rings is 1. The predicted molar refractivity (Wildman–Crippen MR) is 77.9 cm³/mol. The van der Waals surface area contributed by atoms with Crippen molar-refractivity contribution < 1.29 is 14.4 Å². The molecule has 0 spiro atoms. The van der Waals surface area contributed by atoms with Gasteiger partial charge in [0, 0.05) is 6.92 Å². The summed E-state index contributed by atoms with van der Waals surface area (Å²) >= 11 is 1.29. The molecule has 2 rings (SSSR count). The smallest absolute Gasteiger partial charge is 0.233 e. The van der Waals surface area contributed by atoms with Crippen molar-refractivity contribution in [3.05, 3.63) is 18.2 Å². The number of carbonyl (C=O) groups is 3. The average Bonchev–Trinajstić information content (AvgIpc) is 2.70. The molecule has 104 valence electrons. The fourth-order valence-electron chi connectivity index (χ4n) is 1.68. The van der Waals surface area contributed by atoms with Gasteiger partial charge in [0.2, 0.25) is 11.8 Å². The van der Waals surface area contributed by atoms with Crippen LogP contribution in [0.25, 0.3) is 10.2 Å². The number of hydrogen-bond acceptors (Lipinski definition) is 5. The lowest BCUT2D eigenvalue weighted by Gasteiger charge is -2.01. The zero-order valence-electron chi connectivity index (χ0n) is 11.0. The molecule has 0 atom stereocenters. The third-order valence-corrected chi connectivity index (χ3v) is 3.32. The highest BCUT2D eigenvalue weighted by atomic mass is 32.1. The summed E-state index contributed by atoms with van der Waals surface area (Å²) in [5.74, 6) is -0.784. The van der Waals surface area contributed by atoms with Crippen molar-refractivity contribution >= 4 is 50.0 Å². The van der Waals surface area contributed by atoms with Crippen LogP contribution in [-0.2, 0) is 14.4 Å². The Bertz CT molecular complexity index is 693. The highest BCUT2D eigenvalue weighted by Gasteiger charge is 2.12. The molecule has 0 unspecified atom stereocenters. The Labute approximate surface area is 119 Å². The number of carbonyl (C=O) groups excluding carboxylic acids is 3. The van der Waals surface area contributed by atoms with E-state index in [2.05, 4.69) is 15.6 Å². The van der Waals surface area contributed by atoms with Crippen molar-refractivity contribution in [2.75, 3.05) is 10.6 Å². The summed E-state index contributed by atoms with van der Waals surface area (Å²) in [5, 5.41) is 5.67. The Hall–Kier alpha value is -2.28. The van der Waals surface area contributed by atoms with Crippen molar-refractivity contribution in [3.8, 4) is 0 Å². The van der Waals surface area contributed by atoms with Gasteiger partial charge in [-0.2, -0.15) is 0 Å². The number of benzene rings is 1. The van der Waals surface area contributed by atoms with Gasteiger partial charge in [-0.1, -0.05) is 17.4 Å². The molecule has 0 bridgehead atoms. The minimum atomic E-state index is -0.391. The van der Waals surface area contributed by atoms with Crippen molar-refractivity contribution in [1.82, 2.24) is 4.98 Å². The van der Waals surface area contributed by atoms with Gasteiger partial charge in [-0.15, -0.1) is 0 Å². The molecule has 0 saturated heterocycles. The highest BCUT2D eigenvalue weighted by molar-refractivity contribution is 7.22. The number of Topliss-reactive ketones (excluding diaryl/α,β-unsaturated/α-hetero) is 1. The van der Waals surface area contributed by atoms with Crippen LogP contribution in [-0.4, -0.2) is 22.6 Å². The number of ketones is 1. The van der Waals surface area contributed by atoms with Gasteiger partial charge in [0.15, 0.2) is 5.13 Å². The number of nitrogens with one attached hydrogen (secondary N) is 2. The molecule has 0 aliphatic heterocycles. The molecule has 7 heteroatoms. The second kappa shape index (κ2) is 5.79. The topological polar surface area (TPSA) is 88.2 Å². The Balaban J connectivity index is 2.27. The van der Waals surface area contributed by atoms with E-state index in [-0.39, 0.29) is 18.1 Å². The second-order valence-electron chi connectivity index (χ2n) is 4.28. The number of rotatable bonds is 4. The van der Waals surface area contributed by atoms with Crippen molar-refractivity contribution in [2.45, 2.75) is 20.3 Å².